The number of benzene rings is 1. The molecule has 1 spiro atoms. The maximum atomic E-state index is 13.1. The Morgan fingerprint density at radius 3 is 2.47 bits per heavy atom. The van der Waals surface area contributed by atoms with Gasteiger partial charge in [-0.15, -0.1) is 0 Å². The molecule has 0 aromatic heterocycles. The van der Waals surface area contributed by atoms with Crippen molar-refractivity contribution in [3.8, 4) is 11.5 Å². The van der Waals surface area contributed by atoms with Gasteiger partial charge in [0.05, 0.1) is 17.4 Å². The number of esters is 4. The molecular formula is C29H33NO13. The lowest BCUT2D eigenvalue weighted by Gasteiger charge is -2.61. The predicted octanol–water partition coefficient (Wildman–Crippen LogP) is 0.483. The van der Waals surface area contributed by atoms with E-state index in [2.05, 4.69) is 9.64 Å². The first-order valence-electron chi connectivity index (χ1n) is 13.9. The number of carboxylic acids is 1. The summed E-state index contributed by atoms with van der Waals surface area (Å²) in [7, 11) is 1.94. The number of likely N-dealkylation sites (N-methyl/N-ethyl adjacent to an activating group) is 1. The molecular weight excluding hydrogens is 570 g/mol. The number of carbonyl (C=O) groups excluding carboxylic acids is 4. The van der Waals surface area contributed by atoms with Crippen molar-refractivity contribution in [2.75, 3.05) is 13.6 Å². The van der Waals surface area contributed by atoms with Gasteiger partial charge in [-0.3, -0.25) is 9.59 Å². The van der Waals surface area contributed by atoms with Gasteiger partial charge >= 0.3 is 29.8 Å². The number of aliphatic hydroxyl groups is 1. The maximum Gasteiger partial charge on any atom is 0.348 e. The lowest BCUT2D eigenvalue weighted by Crippen LogP contribution is -2.74. The van der Waals surface area contributed by atoms with Crippen LogP contribution in [0, 0.1) is 0 Å². The molecule has 3 unspecified atom stereocenters. The van der Waals surface area contributed by atoms with E-state index in [4.69, 9.17) is 24.1 Å². The van der Waals surface area contributed by atoms with Crippen LogP contribution in [0.5, 0.6) is 11.5 Å². The van der Waals surface area contributed by atoms with Gasteiger partial charge in [0.2, 0.25) is 6.10 Å². The molecule has 1 aromatic rings. The average Bonchev–Trinajstić information content (AvgIpc) is 3.29. The van der Waals surface area contributed by atoms with Crippen molar-refractivity contribution in [2.45, 2.75) is 87.9 Å². The minimum absolute atomic E-state index is 0.0796. The number of likely N-dealkylation sites (tertiary alicyclic amines) is 1. The van der Waals surface area contributed by atoms with Gasteiger partial charge in [0, 0.05) is 24.9 Å². The van der Waals surface area contributed by atoms with E-state index in [1.807, 2.05) is 13.1 Å². The number of aromatic hydroxyl groups is 1. The first-order valence-corrected chi connectivity index (χ1v) is 13.9. The van der Waals surface area contributed by atoms with E-state index in [-0.39, 0.29) is 29.7 Å². The molecule has 1 saturated heterocycles. The number of ether oxygens (including phenoxy) is 5. The lowest BCUT2D eigenvalue weighted by atomic mass is 9.50. The SMILES string of the molecule is CC(=O)OC(CC(=O)OC1=CC[C@@]2(O)[C@H]3Cc4ccc(O)c5c4[C@@]2(CCN3C)[C@H]1O5)C(=O)OC(C)C(=O)OC(C)C(=O)O. The Hall–Kier alpha value is -4.17. The molecule has 2 heterocycles. The highest BCUT2D eigenvalue weighted by atomic mass is 16.6. The van der Waals surface area contributed by atoms with Crippen LogP contribution < -0.4 is 4.74 Å². The number of hydrogen-bond acceptors (Lipinski definition) is 13. The molecule has 14 heteroatoms. The summed E-state index contributed by atoms with van der Waals surface area (Å²) < 4.78 is 26.5. The van der Waals surface area contributed by atoms with Crippen LogP contribution in [0.1, 0.15) is 51.2 Å². The summed E-state index contributed by atoms with van der Waals surface area (Å²) in [6.45, 7) is 3.87. The van der Waals surface area contributed by atoms with Gasteiger partial charge in [-0.1, -0.05) is 6.07 Å². The number of nitrogens with zero attached hydrogens (tertiary/aromatic N) is 1. The van der Waals surface area contributed by atoms with Gasteiger partial charge in [0.1, 0.15) is 5.76 Å². The van der Waals surface area contributed by atoms with E-state index in [1.165, 1.54) is 6.07 Å². The monoisotopic (exact) mass is 603 g/mol. The third-order valence-electron chi connectivity index (χ3n) is 8.77. The molecule has 0 saturated carbocycles. The summed E-state index contributed by atoms with van der Waals surface area (Å²) in [6.07, 6.45) is -3.93. The Bertz CT molecular complexity index is 1420. The second-order valence-corrected chi connectivity index (χ2v) is 11.4. The molecule has 0 radical (unpaired) electrons. The molecule has 43 heavy (non-hydrogen) atoms. The molecule has 232 valence electrons. The van der Waals surface area contributed by atoms with Gasteiger partial charge in [-0.25, -0.2) is 14.4 Å². The highest BCUT2D eigenvalue weighted by Gasteiger charge is 2.72. The fourth-order valence-corrected chi connectivity index (χ4v) is 6.75. The normalized spacial score (nSPS) is 28.6. The van der Waals surface area contributed by atoms with Gasteiger partial charge in [-0.05, 0) is 58.0 Å². The van der Waals surface area contributed by atoms with Crippen molar-refractivity contribution in [3.63, 3.8) is 0 Å². The molecule has 14 nitrogen and oxygen atoms in total. The van der Waals surface area contributed by atoms with E-state index >= 15 is 0 Å². The van der Waals surface area contributed by atoms with Crippen molar-refractivity contribution < 1.29 is 63.0 Å². The summed E-state index contributed by atoms with van der Waals surface area (Å²) in [5.74, 6) is -5.52. The number of carbonyl (C=O) groups is 5. The van der Waals surface area contributed by atoms with Crippen LogP contribution in [-0.4, -0.2) is 99.7 Å². The number of piperidine rings is 1. The molecule has 2 aliphatic heterocycles. The number of hydrogen-bond donors (Lipinski definition) is 3. The van der Waals surface area contributed by atoms with Crippen LogP contribution in [0.4, 0.5) is 0 Å². The van der Waals surface area contributed by atoms with Crippen molar-refractivity contribution in [2.24, 2.45) is 0 Å². The summed E-state index contributed by atoms with van der Waals surface area (Å²) in [6, 6.07) is 3.09. The molecule has 2 aliphatic carbocycles. The quantitative estimate of drug-likeness (QED) is 0.260. The van der Waals surface area contributed by atoms with Crippen LogP contribution in [0.2, 0.25) is 0 Å². The molecule has 2 bridgehead atoms. The second kappa shape index (κ2) is 10.8. The summed E-state index contributed by atoms with van der Waals surface area (Å²) in [5.41, 5.74) is -0.662. The Morgan fingerprint density at radius 1 is 1.09 bits per heavy atom. The van der Waals surface area contributed by atoms with Gasteiger partial charge in [-0.2, -0.15) is 0 Å². The van der Waals surface area contributed by atoms with Crippen LogP contribution in [0.3, 0.4) is 0 Å². The Labute approximate surface area is 246 Å². The van der Waals surface area contributed by atoms with Crippen molar-refractivity contribution in [1.82, 2.24) is 4.90 Å². The largest absolute Gasteiger partial charge is 0.504 e. The molecule has 7 atom stereocenters. The van der Waals surface area contributed by atoms with Crippen molar-refractivity contribution in [3.05, 3.63) is 35.1 Å². The highest BCUT2D eigenvalue weighted by molar-refractivity contribution is 5.87. The number of rotatable bonds is 9. The van der Waals surface area contributed by atoms with E-state index in [0.717, 1.165) is 26.3 Å². The number of phenols is 1. The molecule has 1 fully saturated rings. The smallest absolute Gasteiger partial charge is 0.348 e. The topological polar surface area (TPSA) is 195 Å². The standard InChI is InChI=1S/C29H33NO13/c1-13(25(34)35)39-26(36)14(2)40-27(37)19(41-15(3)31)12-21(33)42-18-7-8-29(38)20-11-16-5-6-17(32)23-22(16)28(29,24(18)43-23)9-10-30(20)4/h5-7,13-14,19-20,24,32,38H,8-12H2,1-4H3,(H,34,35)/t13?,14?,19?,20-,24+,28+,29-/m1/s1. The summed E-state index contributed by atoms with van der Waals surface area (Å²) in [5, 5.41) is 31.7. The second-order valence-electron chi connectivity index (χ2n) is 11.4. The van der Waals surface area contributed by atoms with Crippen LogP contribution in [0.15, 0.2) is 24.0 Å². The van der Waals surface area contributed by atoms with Crippen molar-refractivity contribution >= 4 is 29.8 Å². The van der Waals surface area contributed by atoms with Crippen LogP contribution in [0.25, 0.3) is 0 Å². The minimum Gasteiger partial charge on any atom is -0.504 e. The van der Waals surface area contributed by atoms with E-state index in [9.17, 15) is 34.2 Å². The van der Waals surface area contributed by atoms with Crippen molar-refractivity contribution in [1.29, 1.82) is 0 Å². The van der Waals surface area contributed by atoms with Gasteiger partial charge in [0.25, 0.3) is 0 Å². The fraction of sp³-hybridized carbons (Fsp3) is 0.552. The molecule has 4 aliphatic rings. The number of phenolic OH excluding ortho intramolecular Hbond substituents is 1. The summed E-state index contributed by atoms with van der Waals surface area (Å²) >= 11 is 0. The van der Waals surface area contributed by atoms with Crippen LogP contribution >= 0.6 is 0 Å². The fourth-order valence-electron chi connectivity index (χ4n) is 6.75. The lowest BCUT2D eigenvalue weighted by molar-refractivity contribution is -0.183. The molecule has 3 N–H and O–H groups in total. The first kappa shape index (κ1) is 30.3. The third kappa shape index (κ3) is 4.87. The highest BCUT2D eigenvalue weighted by Crippen LogP contribution is 2.65. The zero-order valence-electron chi connectivity index (χ0n) is 24.0. The minimum atomic E-state index is -1.80. The van der Waals surface area contributed by atoms with Crippen LogP contribution in [-0.2, 0) is 54.8 Å². The Morgan fingerprint density at radius 2 is 1.79 bits per heavy atom. The maximum absolute atomic E-state index is 13.1. The van der Waals surface area contributed by atoms with E-state index < -0.39 is 71.7 Å². The predicted molar refractivity (Wildman–Crippen MR) is 142 cm³/mol. The zero-order chi connectivity index (χ0) is 31.4. The molecule has 1 aromatic carbocycles. The average molecular weight is 604 g/mol. The zero-order valence-corrected chi connectivity index (χ0v) is 24.0. The number of carboxylic acid groups (broad SMARTS) is 1. The first-order chi connectivity index (χ1) is 20.2. The Balaban J connectivity index is 1.34. The molecule has 0 amide bonds. The van der Waals surface area contributed by atoms with E-state index in [0.29, 0.717) is 24.9 Å². The van der Waals surface area contributed by atoms with Gasteiger partial charge in [0.15, 0.2) is 29.8 Å². The Kier molecular flexibility index (Phi) is 7.63. The third-order valence-corrected chi connectivity index (χ3v) is 8.77. The van der Waals surface area contributed by atoms with E-state index in [1.54, 1.807) is 6.08 Å². The summed E-state index contributed by atoms with van der Waals surface area (Å²) in [4.78, 5) is 62.8. The number of aliphatic carboxylic acids is 1. The van der Waals surface area contributed by atoms with Gasteiger partial charge < -0.3 is 43.9 Å². The molecule has 5 rings (SSSR count).